The summed E-state index contributed by atoms with van der Waals surface area (Å²) < 4.78 is 2.60. The second-order valence-corrected chi connectivity index (χ2v) is 9.71. The maximum Gasteiger partial charge on any atom is 0.174 e. The van der Waals surface area contributed by atoms with Crippen molar-refractivity contribution in [2.75, 3.05) is 4.90 Å². The number of thiocarbonyl (C=S) groups is 1. The molecule has 0 amide bonds. The van der Waals surface area contributed by atoms with Gasteiger partial charge in [0.15, 0.2) is 5.11 Å². The maximum absolute atomic E-state index is 5.91. The largest absolute Gasteiger partial charge is 0.351 e. The van der Waals surface area contributed by atoms with Crippen LogP contribution in [0.3, 0.4) is 0 Å². The highest BCUT2D eigenvalue weighted by Crippen LogP contribution is 2.44. The number of benzene rings is 1. The topological polar surface area (TPSA) is 33.1 Å². The van der Waals surface area contributed by atoms with Crippen molar-refractivity contribution in [1.29, 1.82) is 0 Å². The van der Waals surface area contributed by atoms with Gasteiger partial charge < -0.3 is 14.8 Å². The molecule has 1 aromatic carbocycles. The number of aryl methyl sites for hydroxylation is 2. The molecule has 32 heavy (non-hydrogen) atoms. The van der Waals surface area contributed by atoms with Gasteiger partial charge in [0, 0.05) is 29.3 Å². The normalized spacial score (nSPS) is 21.7. The van der Waals surface area contributed by atoms with Crippen molar-refractivity contribution in [2.24, 2.45) is 0 Å². The van der Waals surface area contributed by atoms with Crippen molar-refractivity contribution in [3.8, 4) is 0 Å². The van der Waals surface area contributed by atoms with E-state index in [9.17, 15) is 0 Å². The van der Waals surface area contributed by atoms with Gasteiger partial charge in [0.2, 0.25) is 0 Å². The zero-order chi connectivity index (χ0) is 22.2. The van der Waals surface area contributed by atoms with Crippen molar-refractivity contribution in [3.05, 3.63) is 82.9 Å². The number of anilines is 1. The molecule has 0 radical (unpaired) electrons. The Hall–Kier alpha value is -2.66. The molecule has 166 valence electrons. The summed E-state index contributed by atoms with van der Waals surface area (Å²) in [7, 11) is 0. The molecule has 1 N–H and O–H groups in total. The summed E-state index contributed by atoms with van der Waals surface area (Å²) in [6, 6.07) is 17.8. The van der Waals surface area contributed by atoms with Gasteiger partial charge in [-0.15, -0.1) is 0 Å². The number of aromatic nitrogens is 2. The molecule has 0 bridgehead atoms. The Labute approximate surface area is 196 Å². The lowest BCUT2D eigenvalue weighted by atomic mass is 9.94. The second kappa shape index (κ2) is 8.70. The molecule has 0 unspecified atom stereocenters. The lowest BCUT2D eigenvalue weighted by Gasteiger charge is -2.30. The van der Waals surface area contributed by atoms with Crippen LogP contribution in [0, 0.1) is 20.8 Å². The summed E-state index contributed by atoms with van der Waals surface area (Å²) in [5, 5.41) is 4.37. The van der Waals surface area contributed by atoms with Crippen LogP contribution >= 0.6 is 12.2 Å². The molecular weight excluding hydrogens is 412 g/mol. The zero-order valence-electron chi connectivity index (χ0n) is 19.2. The average Bonchev–Trinajstić information content (AvgIpc) is 3.30. The van der Waals surface area contributed by atoms with E-state index in [1.807, 2.05) is 12.3 Å². The first-order valence-electron chi connectivity index (χ1n) is 11.8. The van der Waals surface area contributed by atoms with Crippen LogP contribution in [0.1, 0.15) is 78.4 Å². The van der Waals surface area contributed by atoms with Crippen molar-refractivity contribution < 1.29 is 0 Å². The van der Waals surface area contributed by atoms with Crippen LogP contribution in [0.5, 0.6) is 0 Å². The predicted molar refractivity (Wildman–Crippen MR) is 135 cm³/mol. The van der Waals surface area contributed by atoms with Crippen LogP contribution in [0.25, 0.3) is 0 Å². The molecule has 5 rings (SSSR count). The third kappa shape index (κ3) is 3.73. The molecule has 2 fully saturated rings. The molecule has 2 aliphatic rings. The first-order chi connectivity index (χ1) is 15.5. The summed E-state index contributed by atoms with van der Waals surface area (Å²) >= 11 is 5.91. The summed E-state index contributed by atoms with van der Waals surface area (Å²) in [6.45, 7) is 6.69. The second-order valence-electron chi connectivity index (χ2n) is 9.32. The smallest absolute Gasteiger partial charge is 0.174 e. The molecule has 2 atom stereocenters. The van der Waals surface area contributed by atoms with Gasteiger partial charge >= 0.3 is 0 Å². The Balaban J connectivity index is 1.64. The van der Waals surface area contributed by atoms with Gasteiger partial charge in [0.25, 0.3) is 0 Å². The highest BCUT2D eigenvalue weighted by atomic mass is 32.1. The molecule has 1 saturated heterocycles. The summed E-state index contributed by atoms with van der Waals surface area (Å²) in [4.78, 5) is 7.01. The highest BCUT2D eigenvalue weighted by molar-refractivity contribution is 7.80. The van der Waals surface area contributed by atoms with Gasteiger partial charge in [-0.1, -0.05) is 37.5 Å². The molecule has 1 aliphatic carbocycles. The third-order valence-electron chi connectivity index (χ3n) is 7.16. The van der Waals surface area contributed by atoms with Crippen molar-refractivity contribution in [1.82, 2.24) is 14.9 Å². The fraction of sp³-hybridized carbons (Fsp3) is 0.407. The maximum atomic E-state index is 5.91. The van der Waals surface area contributed by atoms with Crippen molar-refractivity contribution in [3.63, 3.8) is 0 Å². The first kappa shape index (κ1) is 21.2. The standard InChI is InChI=1S/C27H32N4S/c1-18-10-9-13-22(16-18)31-26(25(29-27(31)32)24-14-7-8-15-28-24)23-17-19(2)30(20(23)3)21-11-5-4-6-12-21/h7-10,13-17,21,25-26H,4-6,11-12H2,1-3H3,(H,29,32)/t25-,26-/m1/s1. The van der Waals surface area contributed by atoms with E-state index in [1.54, 1.807) is 0 Å². The number of nitrogens with zero attached hydrogens (tertiary/aromatic N) is 3. The zero-order valence-corrected chi connectivity index (χ0v) is 20.0. The van der Waals surface area contributed by atoms with E-state index in [0.717, 1.165) is 16.5 Å². The Morgan fingerprint density at radius 1 is 0.969 bits per heavy atom. The van der Waals surface area contributed by atoms with E-state index in [0.29, 0.717) is 6.04 Å². The quantitative estimate of drug-likeness (QED) is 0.466. The van der Waals surface area contributed by atoms with Crippen molar-refractivity contribution >= 4 is 23.0 Å². The van der Waals surface area contributed by atoms with Crippen LogP contribution in [0.4, 0.5) is 5.69 Å². The molecule has 3 aromatic rings. The number of pyridine rings is 1. The molecule has 5 heteroatoms. The van der Waals surface area contributed by atoms with Gasteiger partial charge in [-0.05, 0) is 87.3 Å². The van der Waals surface area contributed by atoms with Gasteiger partial charge in [0.05, 0.1) is 17.8 Å². The van der Waals surface area contributed by atoms with Gasteiger partial charge in [-0.2, -0.15) is 0 Å². The number of rotatable bonds is 4. The molecule has 1 saturated carbocycles. The van der Waals surface area contributed by atoms with Gasteiger partial charge in [-0.3, -0.25) is 4.98 Å². The van der Waals surface area contributed by atoms with Gasteiger partial charge in [0.1, 0.15) is 0 Å². The molecule has 3 heterocycles. The Bertz CT molecular complexity index is 1110. The van der Waals surface area contributed by atoms with Crippen LogP contribution in [0.2, 0.25) is 0 Å². The highest BCUT2D eigenvalue weighted by Gasteiger charge is 2.42. The van der Waals surface area contributed by atoms with Crippen LogP contribution in [0.15, 0.2) is 54.7 Å². The predicted octanol–water partition coefficient (Wildman–Crippen LogP) is 6.49. The van der Waals surface area contributed by atoms with E-state index >= 15 is 0 Å². The first-order valence-corrected chi connectivity index (χ1v) is 12.2. The minimum absolute atomic E-state index is 0.00418. The van der Waals surface area contributed by atoms with Gasteiger partial charge in [-0.25, -0.2) is 0 Å². The van der Waals surface area contributed by atoms with Crippen LogP contribution < -0.4 is 10.2 Å². The average molecular weight is 445 g/mol. The van der Waals surface area contributed by atoms with Crippen molar-refractivity contribution in [2.45, 2.75) is 71.0 Å². The summed E-state index contributed by atoms with van der Waals surface area (Å²) in [5.74, 6) is 0. The molecule has 2 aromatic heterocycles. The van der Waals surface area contributed by atoms with Crippen LogP contribution in [-0.2, 0) is 0 Å². The Morgan fingerprint density at radius 3 is 2.50 bits per heavy atom. The molecule has 1 aliphatic heterocycles. The van der Waals surface area contributed by atoms with E-state index in [4.69, 9.17) is 17.2 Å². The minimum atomic E-state index is 0.00418. The Kier molecular flexibility index (Phi) is 5.76. The number of hydrogen-bond acceptors (Lipinski definition) is 2. The van der Waals surface area contributed by atoms with E-state index in [-0.39, 0.29) is 12.1 Å². The SMILES string of the molecule is Cc1cccc(N2C(=S)N[C@H](c3ccccn3)[C@H]2c2cc(C)n(C3CCCCC3)c2C)c1. The number of hydrogen-bond donors (Lipinski definition) is 1. The lowest BCUT2D eigenvalue weighted by molar-refractivity contribution is 0.345. The minimum Gasteiger partial charge on any atom is -0.351 e. The van der Waals surface area contributed by atoms with Crippen LogP contribution in [-0.4, -0.2) is 14.7 Å². The Morgan fingerprint density at radius 2 is 1.78 bits per heavy atom. The monoisotopic (exact) mass is 444 g/mol. The summed E-state index contributed by atoms with van der Waals surface area (Å²) in [5.41, 5.74) is 7.46. The van der Waals surface area contributed by atoms with E-state index in [2.05, 4.69) is 78.0 Å². The lowest BCUT2D eigenvalue weighted by Crippen LogP contribution is -2.29. The molecule has 4 nitrogen and oxygen atoms in total. The number of nitrogens with one attached hydrogen (secondary N) is 1. The summed E-state index contributed by atoms with van der Waals surface area (Å²) in [6.07, 6.45) is 8.46. The molecular formula is C27H32N4S. The van der Waals surface area contributed by atoms with E-state index < -0.39 is 0 Å². The third-order valence-corrected chi connectivity index (χ3v) is 7.47. The fourth-order valence-corrected chi connectivity index (χ4v) is 6.08. The fourth-order valence-electron chi connectivity index (χ4n) is 5.73. The molecule has 0 spiro atoms. The van der Waals surface area contributed by atoms with E-state index in [1.165, 1.54) is 54.6 Å².